The highest BCUT2D eigenvalue weighted by molar-refractivity contribution is 14.1. The predicted molar refractivity (Wildman–Crippen MR) is 71.4 cm³/mol. The molecule has 5 heteroatoms. The first-order valence-corrected chi connectivity index (χ1v) is 6.22. The normalized spacial score (nSPS) is 12.7. The SMILES string of the molecule is O[C@@H](Cn1ccnc1I)c1ccc(Cl)cc1. The van der Waals surface area contributed by atoms with Crippen LogP contribution in [0.2, 0.25) is 5.02 Å². The van der Waals surface area contributed by atoms with E-state index in [1.807, 2.05) is 22.9 Å². The summed E-state index contributed by atoms with van der Waals surface area (Å²) in [6, 6.07) is 7.21. The van der Waals surface area contributed by atoms with Gasteiger partial charge in [-0.2, -0.15) is 0 Å². The van der Waals surface area contributed by atoms with Gasteiger partial charge in [0, 0.05) is 17.4 Å². The average Bonchev–Trinajstić information content (AvgIpc) is 2.65. The highest BCUT2D eigenvalue weighted by Crippen LogP contribution is 2.18. The third kappa shape index (κ3) is 2.75. The van der Waals surface area contributed by atoms with Crippen LogP contribution in [0.5, 0.6) is 0 Å². The van der Waals surface area contributed by atoms with Crippen molar-refractivity contribution in [2.24, 2.45) is 0 Å². The number of benzene rings is 1. The van der Waals surface area contributed by atoms with E-state index in [-0.39, 0.29) is 0 Å². The zero-order valence-corrected chi connectivity index (χ0v) is 11.3. The van der Waals surface area contributed by atoms with Gasteiger partial charge in [0.15, 0.2) is 3.83 Å². The van der Waals surface area contributed by atoms with Crippen molar-refractivity contribution in [2.45, 2.75) is 12.6 Å². The Morgan fingerprint density at radius 1 is 1.38 bits per heavy atom. The van der Waals surface area contributed by atoms with Crippen LogP contribution in [0.15, 0.2) is 36.7 Å². The van der Waals surface area contributed by atoms with Gasteiger partial charge in [0.25, 0.3) is 0 Å². The van der Waals surface area contributed by atoms with Crippen LogP contribution in [-0.2, 0) is 6.54 Å². The Balaban J connectivity index is 2.11. The summed E-state index contributed by atoms with van der Waals surface area (Å²) in [7, 11) is 0. The number of halogens is 2. The first kappa shape index (κ1) is 11.9. The molecule has 2 rings (SSSR count). The summed E-state index contributed by atoms with van der Waals surface area (Å²) in [6.45, 7) is 0.500. The number of hydrogen-bond donors (Lipinski definition) is 1. The lowest BCUT2D eigenvalue weighted by atomic mass is 10.1. The molecule has 0 aliphatic rings. The van der Waals surface area contributed by atoms with E-state index in [1.54, 1.807) is 18.3 Å². The van der Waals surface area contributed by atoms with Crippen molar-refractivity contribution < 1.29 is 5.11 Å². The van der Waals surface area contributed by atoms with Gasteiger partial charge in [0.05, 0.1) is 12.6 Å². The van der Waals surface area contributed by atoms with Crippen LogP contribution in [-0.4, -0.2) is 14.7 Å². The molecule has 1 aromatic heterocycles. The molecule has 0 unspecified atom stereocenters. The fraction of sp³-hybridized carbons (Fsp3) is 0.182. The maximum absolute atomic E-state index is 10.0. The summed E-state index contributed by atoms with van der Waals surface area (Å²) < 4.78 is 2.77. The summed E-state index contributed by atoms with van der Waals surface area (Å²) in [5.41, 5.74) is 0.855. The zero-order valence-electron chi connectivity index (χ0n) is 8.35. The van der Waals surface area contributed by atoms with Crippen LogP contribution in [0, 0.1) is 3.83 Å². The highest BCUT2D eigenvalue weighted by atomic mass is 127. The second kappa shape index (κ2) is 5.16. The number of nitrogens with zero attached hydrogens (tertiary/aromatic N) is 2. The van der Waals surface area contributed by atoms with E-state index in [2.05, 4.69) is 27.6 Å². The molecule has 1 aromatic carbocycles. The van der Waals surface area contributed by atoms with Crippen LogP contribution in [0.1, 0.15) is 11.7 Å². The fourth-order valence-corrected chi connectivity index (χ4v) is 2.07. The van der Waals surface area contributed by atoms with Crippen LogP contribution in [0.25, 0.3) is 0 Å². The average molecular weight is 349 g/mol. The van der Waals surface area contributed by atoms with E-state index >= 15 is 0 Å². The summed E-state index contributed by atoms with van der Waals surface area (Å²) in [6.07, 6.45) is 3.03. The number of hydrogen-bond acceptors (Lipinski definition) is 2. The standard InChI is InChI=1S/C11H10ClIN2O/c12-9-3-1-8(2-4-9)10(16)7-15-6-5-14-11(15)13/h1-6,10,16H,7H2/t10-/m0/s1. The Morgan fingerprint density at radius 2 is 2.06 bits per heavy atom. The van der Waals surface area contributed by atoms with Crippen LogP contribution in [0.3, 0.4) is 0 Å². The number of aromatic nitrogens is 2. The Hall–Kier alpha value is -0.590. The molecule has 2 aromatic rings. The molecule has 0 amide bonds. The molecule has 0 fully saturated rings. The lowest BCUT2D eigenvalue weighted by Gasteiger charge is -2.12. The van der Waals surface area contributed by atoms with E-state index in [0.717, 1.165) is 9.39 Å². The summed E-state index contributed by atoms with van der Waals surface area (Å²) in [5, 5.41) is 10.7. The van der Waals surface area contributed by atoms with Gasteiger partial charge in [-0.1, -0.05) is 23.7 Å². The molecule has 1 heterocycles. The quantitative estimate of drug-likeness (QED) is 0.866. The van der Waals surface area contributed by atoms with Crippen molar-refractivity contribution in [3.63, 3.8) is 0 Å². The van der Waals surface area contributed by atoms with E-state index in [9.17, 15) is 5.11 Å². The van der Waals surface area contributed by atoms with E-state index in [1.165, 1.54) is 0 Å². The van der Waals surface area contributed by atoms with Gasteiger partial charge in [0.1, 0.15) is 0 Å². The molecular weight excluding hydrogens is 338 g/mol. The topological polar surface area (TPSA) is 38.0 Å². The van der Waals surface area contributed by atoms with Crippen molar-refractivity contribution in [2.75, 3.05) is 0 Å². The van der Waals surface area contributed by atoms with Gasteiger partial charge in [-0.3, -0.25) is 0 Å². The van der Waals surface area contributed by atoms with Gasteiger partial charge in [-0.05, 0) is 40.3 Å². The molecule has 0 bridgehead atoms. The molecule has 0 spiro atoms. The van der Waals surface area contributed by atoms with E-state index in [0.29, 0.717) is 11.6 Å². The monoisotopic (exact) mass is 348 g/mol. The smallest absolute Gasteiger partial charge is 0.171 e. The molecule has 84 valence electrons. The number of aliphatic hydroxyl groups is 1. The van der Waals surface area contributed by atoms with Gasteiger partial charge in [-0.25, -0.2) is 4.98 Å². The minimum Gasteiger partial charge on any atom is -0.387 e. The molecule has 0 saturated heterocycles. The molecule has 0 aliphatic carbocycles. The molecule has 16 heavy (non-hydrogen) atoms. The van der Waals surface area contributed by atoms with Crippen molar-refractivity contribution in [1.29, 1.82) is 0 Å². The second-order valence-electron chi connectivity index (χ2n) is 3.42. The van der Waals surface area contributed by atoms with Crippen molar-refractivity contribution in [3.05, 3.63) is 51.1 Å². The lowest BCUT2D eigenvalue weighted by molar-refractivity contribution is 0.155. The number of rotatable bonds is 3. The number of imidazole rings is 1. The van der Waals surface area contributed by atoms with Crippen molar-refractivity contribution in [3.8, 4) is 0 Å². The predicted octanol–water partition coefficient (Wildman–Crippen LogP) is 2.87. The molecule has 0 radical (unpaired) electrons. The minimum absolute atomic E-state index is 0.500. The van der Waals surface area contributed by atoms with Crippen molar-refractivity contribution in [1.82, 2.24) is 9.55 Å². The molecule has 0 aliphatic heterocycles. The van der Waals surface area contributed by atoms with Gasteiger partial charge < -0.3 is 9.67 Å². The van der Waals surface area contributed by atoms with Crippen LogP contribution >= 0.6 is 34.2 Å². The van der Waals surface area contributed by atoms with Gasteiger partial charge >= 0.3 is 0 Å². The lowest BCUT2D eigenvalue weighted by Crippen LogP contribution is -2.09. The molecular formula is C11H10ClIN2O. The van der Waals surface area contributed by atoms with Gasteiger partial charge in [0.2, 0.25) is 0 Å². The summed E-state index contributed by atoms with van der Waals surface area (Å²) >= 11 is 7.92. The zero-order chi connectivity index (χ0) is 11.5. The first-order valence-electron chi connectivity index (χ1n) is 4.77. The molecule has 1 atom stereocenters. The summed E-state index contributed by atoms with van der Waals surface area (Å²) in [4.78, 5) is 4.09. The minimum atomic E-state index is -0.542. The molecule has 0 saturated carbocycles. The highest BCUT2D eigenvalue weighted by Gasteiger charge is 2.09. The number of aliphatic hydroxyl groups excluding tert-OH is 1. The third-order valence-corrected chi connectivity index (χ3v) is 3.44. The molecule has 3 nitrogen and oxygen atoms in total. The fourth-order valence-electron chi connectivity index (χ4n) is 1.42. The molecule has 1 N–H and O–H groups in total. The Morgan fingerprint density at radius 3 is 2.62 bits per heavy atom. The third-order valence-electron chi connectivity index (χ3n) is 2.29. The van der Waals surface area contributed by atoms with E-state index < -0.39 is 6.10 Å². The first-order chi connectivity index (χ1) is 7.66. The van der Waals surface area contributed by atoms with Crippen LogP contribution in [0.4, 0.5) is 0 Å². The largest absolute Gasteiger partial charge is 0.387 e. The van der Waals surface area contributed by atoms with Crippen LogP contribution < -0.4 is 0 Å². The maximum atomic E-state index is 10.0. The Bertz CT molecular complexity index is 469. The van der Waals surface area contributed by atoms with Gasteiger partial charge in [-0.15, -0.1) is 0 Å². The second-order valence-corrected chi connectivity index (χ2v) is 4.82. The maximum Gasteiger partial charge on any atom is 0.171 e. The Kier molecular flexibility index (Phi) is 3.83. The van der Waals surface area contributed by atoms with Crippen molar-refractivity contribution >= 4 is 34.2 Å². The summed E-state index contributed by atoms with van der Waals surface area (Å²) in [5.74, 6) is 0. The van der Waals surface area contributed by atoms with E-state index in [4.69, 9.17) is 11.6 Å². The Labute approximate surface area is 112 Å².